The third kappa shape index (κ3) is 4.67. The quantitative estimate of drug-likeness (QED) is 0.622. The second kappa shape index (κ2) is 8.26. The number of anilines is 3. The van der Waals surface area contributed by atoms with Crippen molar-refractivity contribution >= 4 is 34.5 Å². The molecular weight excluding hydrogens is 354 g/mol. The Balaban J connectivity index is 1.63. The van der Waals surface area contributed by atoms with Gasteiger partial charge in [-0.25, -0.2) is 4.98 Å². The van der Waals surface area contributed by atoms with Crippen LogP contribution in [0.25, 0.3) is 0 Å². The summed E-state index contributed by atoms with van der Waals surface area (Å²) in [4.78, 5) is 39.1. The molecule has 0 spiro atoms. The van der Waals surface area contributed by atoms with Gasteiger partial charge in [0.15, 0.2) is 11.6 Å². The van der Waals surface area contributed by atoms with Gasteiger partial charge >= 0.3 is 0 Å². The van der Waals surface area contributed by atoms with Gasteiger partial charge in [-0.3, -0.25) is 14.4 Å². The first kappa shape index (κ1) is 19.0. The van der Waals surface area contributed by atoms with Gasteiger partial charge in [0.05, 0.1) is 11.9 Å². The summed E-state index contributed by atoms with van der Waals surface area (Å²) in [7, 11) is 0. The smallest absolute Gasteiger partial charge is 0.274 e. The summed E-state index contributed by atoms with van der Waals surface area (Å²) in [5.41, 5.74) is 3.63. The van der Waals surface area contributed by atoms with Crippen molar-refractivity contribution in [1.29, 1.82) is 0 Å². The number of benzene rings is 2. The van der Waals surface area contributed by atoms with Crippen molar-refractivity contribution < 1.29 is 14.4 Å². The lowest BCUT2D eigenvalue weighted by atomic mass is 10.1. The molecule has 0 aliphatic heterocycles. The second-order valence-electron chi connectivity index (χ2n) is 6.28. The minimum absolute atomic E-state index is 0.0134. The van der Waals surface area contributed by atoms with Crippen LogP contribution in [0.5, 0.6) is 0 Å². The van der Waals surface area contributed by atoms with Crippen molar-refractivity contribution in [3.05, 3.63) is 83.7 Å². The van der Waals surface area contributed by atoms with E-state index in [1.165, 1.54) is 13.8 Å². The molecule has 6 heteroatoms. The summed E-state index contributed by atoms with van der Waals surface area (Å²) in [5.74, 6) is -0.356. The number of hydrogen-bond donors (Lipinski definition) is 2. The molecule has 28 heavy (non-hydrogen) atoms. The molecule has 0 aliphatic rings. The standard InChI is InChI=1S/C22H19N3O3/c1-14(26)16-3-7-18(8-4-16)24-20-11-12-21(23-13-20)22(28)25-19-9-5-17(6-10-19)15(2)27/h3-13,24H,1-2H3,(H,25,28). The van der Waals surface area contributed by atoms with Gasteiger partial charge in [-0.05, 0) is 74.5 Å². The Hall–Kier alpha value is -3.80. The van der Waals surface area contributed by atoms with E-state index >= 15 is 0 Å². The normalized spacial score (nSPS) is 10.2. The highest BCUT2D eigenvalue weighted by molar-refractivity contribution is 6.03. The van der Waals surface area contributed by atoms with E-state index in [9.17, 15) is 14.4 Å². The first-order chi connectivity index (χ1) is 13.4. The van der Waals surface area contributed by atoms with Crippen LogP contribution < -0.4 is 10.6 Å². The van der Waals surface area contributed by atoms with Gasteiger partial charge in [-0.1, -0.05) is 0 Å². The highest BCUT2D eigenvalue weighted by atomic mass is 16.2. The monoisotopic (exact) mass is 373 g/mol. The number of nitrogens with one attached hydrogen (secondary N) is 2. The summed E-state index contributed by atoms with van der Waals surface area (Å²) in [6.07, 6.45) is 1.56. The summed E-state index contributed by atoms with van der Waals surface area (Å²) < 4.78 is 0. The van der Waals surface area contributed by atoms with Crippen molar-refractivity contribution in [3.8, 4) is 0 Å². The van der Waals surface area contributed by atoms with Gasteiger partial charge in [0.2, 0.25) is 0 Å². The molecule has 0 radical (unpaired) electrons. The molecule has 0 aliphatic carbocycles. The van der Waals surface area contributed by atoms with E-state index in [2.05, 4.69) is 15.6 Å². The number of Topliss-reactive ketones (excluding diaryl/α,β-unsaturated/α-hetero) is 2. The number of nitrogens with zero attached hydrogens (tertiary/aromatic N) is 1. The molecule has 0 atom stereocenters. The largest absolute Gasteiger partial charge is 0.354 e. The maximum atomic E-state index is 12.3. The van der Waals surface area contributed by atoms with Crippen LogP contribution in [0.15, 0.2) is 66.9 Å². The molecule has 1 heterocycles. The third-order valence-corrected chi connectivity index (χ3v) is 4.13. The molecule has 3 aromatic rings. The lowest BCUT2D eigenvalue weighted by molar-refractivity contribution is 0.100. The first-order valence-electron chi connectivity index (χ1n) is 8.69. The highest BCUT2D eigenvalue weighted by Gasteiger charge is 2.08. The second-order valence-corrected chi connectivity index (χ2v) is 6.28. The van der Waals surface area contributed by atoms with Crippen LogP contribution in [-0.4, -0.2) is 22.5 Å². The van der Waals surface area contributed by atoms with Crippen molar-refractivity contribution in [1.82, 2.24) is 4.98 Å². The molecule has 6 nitrogen and oxygen atoms in total. The van der Waals surface area contributed by atoms with E-state index in [4.69, 9.17) is 0 Å². The predicted molar refractivity (Wildman–Crippen MR) is 108 cm³/mol. The van der Waals surface area contributed by atoms with E-state index in [0.717, 1.165) is 11.4 Å². The van der Waals surface area contributed by atoms with Gasteiger partial charge in [-0.2, -0.15) is 0 Å². The average Bonchev–Trinajstić information content (AvgIpc) is 2.69. The maximum Gasteiger partial charge on any atom is 0.274 e. The molecular formula is C22H19N3O3. The maximum absolute atomic E-state index is 12.3. The average molecular weight is 373 g/mol. The molecule has 0 bridgehead atoms. The number of carbonyl (C=O) groups excluding carboxylic acids is 3. The number of ketones is 2. The molecule has 2 aromatic carbocycles. The number of pyridine rings is 1. The zero-order valence-electron chi connectivity index (χ0n) is 15.5. The molecule has 1 amide bonds. The van der Waals surface area contributed by atoms with Crippen LogP contribution >= 0.6 is 0 Å². The Bertz CT molecular complexity index is 1010. The summed E-state index contributed by atoms with van der Waals surface area (Å²) in [5, 5.41) is 5.91. The van der Waals surface area contributed by atoms with Gasteiger partial charge in [0.25, 0.3) is 5.91 Å². The summed E-state index contributed by atoms with van der Waals surface area (Å²) in [6, 6.07) is 17.2. The van der Waals surface area contributed by atoms with Gasteiger partial charge in [0.1, 0.15) is 5.69 Å². The minimum Gasteiger partial charge on any atom is -0.354 e. The van der Waals surface area contributed by atoms with Crippen LogP contribution in [-0.2, 0) is 0 Å². The number of aromatic nitrogens is 1. The molecule has 0 saturated heterocycles. The highest BCUT2D eigenvalue weighted by Crippen LogP contribution is 2.17. The van der Waals surface area contributed by atoms with Gasteiger partial charge in [-0.15, -0.1) is 0 Å². The Morgan fingerprint density at radius 2 is 1.18 bits per heavy atom. The fourth-order valence-corrected chi connectivity index (χ4v) is 2.54. The molecule has 1 aromatic heterocycles. The van der Waals surface area contributed by atoms with Crippen molar-refractivity contribution in [2.24, 2.45) is 0 Å². The van der Waals surface area contributed by atoms with Gasteiger partial charge in [0, 0.05) is 22.5 Å². The van der Waals surface area contributed by atoms with Crippen LogP contribution in [0, 0.1) is 0 Å². The predicted octanol–water partition coefficient (Wildman–Crippen LogP) is 4.48. The summed E-state index contributed by atoms with van der Waals surface area (Å²) >= 11 is 0. The van der Waals surface area contributed by atoms with Crippen molar-refractivity contribution in [2.45, 2.75) is 13.8 Å². The lowest BCUT2D eigenvalue weighted by Gasteiger charge is -2.08. The molecule has 140 valence electrons. The van der Waals surface area contributed by atoms with Crippen molar-refractivity contribution in [2.75, 3.05) is 10.6 Å². The van der Waals surface area contributed by atoms with Crippen LogP contribution in [0.2, 0.25) is 0 Å². The molecule has 0 saturated carbocycles. The topological polar surface area (TPSA) is 88.2 Å². The molecule has 3 rings (SSSR count). The first-order valence-corrected chi connectivity index (χ1v) is 8.69. The molecule has 0 fully saturated rings. The number of amides is 1. The third-order valence-electron chi connectivity index (χ3n) is 4.13. The Labute approximate surface area is 162 Å². The number of hydrogen-bond acceptors (Lipinski definition) is 5. The summed E-state index contributed by atoms with van der Waals surface area (Å²) in [6.45, 7) is 3.01. The van der Waals surface area contributed by atoms with E-state index in [-0.39, 0.29) is 23.2 Å². The van der Waals surface area contributed by atoms with E-state index in [0.29, 0.717) is 16.8 Å². The van der Waals surface area contributed by atoms with E-state index in [1.54, 1.807) is 54.7 Å². The van der Waals surface area contributed by atoms with Crippen molar-refractivity contribution in [3.63, 3.8) is 0 Å². The van der Waals surface area contributed by atoms with Gasteiger partial charge < -0.3 is 10.6 Å². The van der Waals surface area contributed by atoms with Crippen LogP contribution in [0.4, 0.5) is 17.1 Å². The fraction of sp³-hybridized carbons (Fsp3) is 0.0909. The zero-order chi connectivity index (χ0) is 20.1. The Morgan fingerprint density at radius 1 is 0.679 bits per heavy atom. The van der Waals surface area contributed by atoms with E-state index in [1.807, 2.05) is 12.1 Å². The molecule has 2 N–H and O–H groups in total. The zero-order valence-corrected chi connectivity index (χ0v) is 15.5. The Morgan fingerprint density at radius 3 is 1.64 bits per heavy atom. The van der Waals surface area contributed by atoms with E-state index < -0.39 is 0 Å². The minimum atomic E-state index is -0.340. The number of carbonyl (C=O) groups is 3. The van der Waals surface area contributed by atoms with Crippen LogP contribution in [0.1, 0.15) is 45.1 Å². The Kier molecular flexibility index (Phi) is 5.60. The lowest BCUT2D eigenvalue weighted by Crippen LogP contribution is -2.13. The SMILES string of the molecule is CC(=O)c1ccc(NC(=O)c2ccc(Nc3ccc(C(C)=O)cc3)cn2)cc1. The fourth-order valence-electron chi connectivity index (χ4n) is 2.54. The van der Waals surface area contributed by atoms with Crippen LogP contribution in [0.3, 0.4) is 0 Å². The molecule has 0 unspecified atom stereocenters. The number of rotatable bonds is 6.